The van der Waals surface area contributed by atoms with Crippen LogP contribution in [0.4, 0.5) is 5.13 Å². The van der Waals surface area contributed by atoms with Crippen molar-refractivity contribution in [3.05, 3.63) is 83.7 Å². The standard InChI is InChI=1S/C23H19N3O3S/c1-15(27)17-5-7-18(8-6-17)22(28)26(14-16-4-3-11-24-13-16)23-25-20-10-9-19(29-2)12-21(20)30-23/h3-13H,14H2,1-2H3. The van der Waals surface area contributed by atoms with Crippen LogP contribution in [0, 0.1) is 0 Å². The second-order valence-corrected chi connectivity index (χ2v) is 7.73. The molecule has 1 amide bonds. The van der Waals surface area contributed by atoms with Crippen LogP contribution >= 0.6 is 11.3 Å². The summed E-state index contributed by atoms with van der Waals surface area (Å²) in [6, 6.07) is 16.1. The molecule has 30 heavy (non-hydrogen) atoms. The van der Waals surface area contributed by atoms with Gasteiger partial charge in [-0.3, -0.25) is 19.5 Å². The Morgan fingerprint density at radius 3 is 2.50 bits per heavy atom. The number of nitrogens with zero attached hydrogens (tertiary/aromatic N) is 3. The van der Waals surface area contributed by atoms with Crippen molar-refractivity contribution >= 4 is 38.4 Å². The lowest BCUT2D eigenvalue weighted by Crippen LogP contribution is -2.30. The Morgan fingerprint density at radius 1 is 1.07 bits per heavy atom. The molecule has 4 aromatic rings. The molecule has 0 aliphatic carbocycles. The number of anilines is 1. The van der Waals surface area contributed by atoms with E-state index >= 15 is 0 Å². The molecule has 0 radical (unpaired) electrons. The zero-order valence-corrected chi connectivity index (χ0v) is 17.3. The molecule has 4 rings (SSSR count). The number of hydrogen-bond acceptors (Lipinski definition) is 6. The SMILES string of the molecule is COc1ccc2nc(N(Cc3cccnc3)C(=O)c3ccc(C(C)=O)cc3)sc2c1. The number of thiazole rings is 1. The van der Waals surface area contributed by atoms with Crippen LogP contribution in [0.1, 0.15) is 33.2 Å². The molecular formula is C23H19N3O3S. The Hall–Kier alpha value is -3.58. The number of carbonyl (C=O) groups is 2. The minimum absolute atomic E-state index is 0.0404. The molecule has 7 heteroatoms. The molecule has 0 saturated carbocycles. The fourth-order valence-corrected chi connectivity index (χ4v) is 4.03. The van der Waals surface area contributed by atoms with E-state index in [1.165, 1.54) is 18.3 Å². The third-order valence-electron chi connectivity index (χ3n) is 4.66. The van der Waals surface area contributed by atoms with Crippen molar-refractivity contribution in [3.63, 3.8) is 0 Å². The van der Waals surface area contributed by atoms with Gasteiger partial charge < -0.3 is 4.74 Å². The highest BCUT2D eigenvalue weighted by atomic mass is 32.1. The van der Waals surface area contributed by atoms with Crippen molar-refractivity contribution in [2.24, 2.45) is 0 Å². The summed E-state index contributed by atoms with van der Waals surface area (Å²) in [5.74, 6) is 0.504. The third kappa shape index (κ3) is 4.06. The molecule has 2 heterocycles. The Labute approximate surface area is 177 Å². The number of carbonyl (C=O) groups excluding carboxylic acids is 2. The first-order valence-electron chi connectivity index (χ1n) is 9.31. The number of amides is 1. The molecule has 0 aliphatic rings. The summed E-state index contributed by atoms with van der Waals surface area (Å²) in [4.78, 5) is 35.4. The topological polar surface area (TPSA) is 72.4 Å². The lowest BCUT2D eigenvalue weighted by molar-refractivity contribution is 0.0981. The lowest BCUT2D eigenvalue weighted by Gasteiger charge is -2.20. The predicted octanol–water partition coefficient (Wildman–Crippen LogP) is 4.75. The molecule has 0 N–H and O–H groups in total. The van der Waals surface area contributed by atoms with Crippen molar-refractivity contribution in [3.8, 4) is 5.75 Å². The largest absolute Gasteiger partial charge is 0.497 e. The van der Waals surface area contributed by atoms with Crippen molar-refractivity contribution in [2.75, 3.05) is 12.0 Å². The molecule has 0 spiro atoms. The summed E-state index contributed by atoms with van der Waals surface area (Å²) in [6.45, 7) is 1.83. The summed E-state index contributed by atoms with van der Waals surface area (Å²) in [5, 5.41) is 0.586. The first kappa shape index (κ1) is 19.7. The van der Waals surface area contributed by atoms with Crippen LogP contribution in [0.5, 0.6) is 5.75 Å². The van der Waals surface area contributed by atoms with Gasteiger partial charge in [0.25, 0.3) is 5.91 Å². The number of benzene rings is 2. The molecule has 2 aromatic heterocycles. The van der Waals surface area contributed by atoms with Crippen molar-refractivity contribution in [1.82, 2.24) is 9.97 Å². The number of ether oxygens (including phenoxy) is 1. The first-order chi connectivity index (χ1) is 14.5. The normalized spacial score (nSPS) is 10.7. The summed E-state index contributed by atoms with van der Waals surface area (Å²) < 4.78 is 6.23. The monoisotopic (exact) mass is 417 g/mol. The fraction of sp³-hybridized carbons (Fsp3) is 0.130. The van der Waals surface area contributed by atoms with Crippen LogP contribution in [0.3, 0.4) is 0 Å². The molecule has 0 aliphatic heterocycles. The summed E-state index contributed by atoms with van der Waals surface area (Å²) >= 11 is 1.42. The molecule has 150 valence electrons. The van der Waals surface area contributed by atoms with Crippen LogP contribution in [0.2, 0.25) is 0 Å². The highest BCUT2D eigenvalue weighted by Gasteiger charge is 2.22. The highest BCUT2D eigenvalue weighted by molar-refractivity contribution is 7.22. The zero-order valence-electron chi connectivity index (χ0n) is 16.5. The van der Waals surface area contributed by atoms with Gasteiger partial charge in [-0.2, -0.15) is 0 Å². The van der Waals surface area contributed by atoms with E-state index in [1.54, 1.807) is 48.7 Å². The minimum Gasteiger partial charge on any atom is -0.497 e. The van der Waals surface area contributed by atoms with Crippen LogP contribution < -0.4 is 9.64 Å². The Morgan fingerprint density at radius 2 is 1.83 bits per heavy atom. The second kappa shape index (κ2) is 8.42. The maximum Gasteiger partial charge on any atom is 0.260 e. The fourth-order valence-electron chi connectivity index (χ4n) is 3.04. The molecule has 0 fully saturated rings. The van der Waals surface area contributed by atoms with Gasteiger partial charge in [0, 0.05) is 23.5 Å². The Kier molecular flexibility index (Phi) is 5.54. The van der Waals surface area contributed by atoms with Crippen molar-refractivity contribution in [1.29, 1.82) is 0 Å². The average Bonchev–Trinajstić information content (AvgIpc) is 3.20. The van der Waals surface area contributed by atoms with Crippen LogP contribution in [-0.4, -0.2) is 28.8 Å². The number of Topliss-reactive ketones (excluding diaryl/α,β-unsaturated/α-hetero) is 1. The van der Waals surface area contributed by atoms with Gasteiger partial charge in [0.2, 0.25) is 0 Å². The maximum absolute atomic E-state index is 13.4. The van der Waals surface area contributed by atoms with Gasteiger partial charge in [-0.1, -0.05) is 29.5 Å². The van der Waals surface area contributed by atoms with Gasteiger partial charge in [-0.05, 0) is 48.9 Å². The Balaban J connectivity index is 1.74. The van der Waals surface area contributed by atoms with Crippen LogP contribution in [-0.2, 0) is 6.54 Å². The second-order valence-electron chi connectivity index (χ2n) is 6.72. The molecule has 2 aromatic carbocycles. The predicted molar refractivity (Wildman–Crippen MR) is 117 cm³/mol. The zero-order chi connectivity index (χ0) is 21.1. The smallest absolute Gasteiger partial charge is 0.260 e. The number of ketones is 1. The van der Waals surface area contributed by atoms with E-state index in [2.05, 4.69) is 9.97 Å². The summed E-state index contributed by atoms with van der Waals surface area (Å²) in [6.07, 6.45) is 3.43. The number of fused-ring (bicyclic) bond motifs is 1. The lowest BCUT2D eigenvalue weighted by atomic mass is 10.1. The summed E-state index contributed by atoms with van der Waals surface area (Å²) in [7, 11) is 1.62. The van der Waals surface area contributed by atoms with E-state index in [1.807, 2.05) is 30.3 Å². The highest BCUT2D eigenvalue weighted by Crippen LogP contribution is 2.33. The number of methoxy groups -OCH3 is 1. The number of hydrogen-bond donors (Lipinski definition) is 0. The van der Waals surface area contributed by atoms with Gasteiger partial charge in [0.15, 0.2) is 10.9 Å². The number of rotatable bonds is 6. The van der Waals surface area contributed by atoms with Crippen LogP contribution in [0.25, 0.3) is 10.2 Å². The van der Waals surface area contributed by atoms with Crippen molar-refractivity contribution < 1.29 is 14.3 Å². The summed E-state index contributed by atoms with van der Waals surface area (Å²) in [5.41, 5.74) is 2.74. The van der Waals surface area contributed by atoms with Crippen LogP contribution in [0.15, 0.2) is 67.0 Å². The molecule has 0 atom stereocenters. The molecule has 6 nitrogen and oxygen atoms in total. The van der Waals surface area contributed by atoms with Gasteiger partial charge in [0.1, 0.15) is 5.75 Å². The van der Waals surface area contributed by atoms with E-state index in [4.69, 9.17) is 4.74 Å². The van der Waals surface area contributed by atoms with Gasteiger partial charge in [-0.25, -0.2) is 4.98 Å². The minimum atomic E-state index is -0.194. The molecular weight excluding hydrogens is 398 g/mol. The van der Waals surface area contributed by atoms with E-state index in [0.717, 1.165) is 21.5 Å². The number of aromatic nitrogens is 2. The maximum atomic E-state index is 13.4. The third-order valence-corrected chi connectivity index (χ3v) is 5.70. The van der Waals surface area contributed by atoms with E-state index in [-0.39, 0.29) is 11.7 Å². The molecule has 0 unspecified atom stereocenters. The Bertz CT molecular complexity index is 1200. The van der Waals surface area contributed by atoms with E-state index in [0.29, 0.717) is 22.8 Å². The van der Waals surface area contributed by atoms with E-state index in [9.17, 15) is 9.59 Å². The average molecular weight is 417 g/mol. The van der Waals surface area contributed by atoms with Gasteiger partial charge >= 0.3 is 0 Å². The molecule has 0 bridgehead atoms. The van der Waals surface area contributed by atoms with Gasteiger partial charge in [0.05, 0.1) is 23.9 Å². The molecule has 0 saturated heterocycles. The first-order valence-corrected chi connectivity index (χ1v) is 10.1. The van der Waals surface area contributed by atoms with E-state index < -0.39 is 0 Å². The van der Waals surface area contributed by atoms with Crippen molar-refractivity contribution in [2.45, 2.75) is 13.5 Å². The quantitative estimate of drug-likeness (QED) is 0.423. The van der Waals surface area contributed by atoms with Gasteiger partial charge in [-0.15, -0.1) is 0 Å². The number of pyridine rings is 1.